The van der Waals surface area contributed by atoms with E-state index >= 15 is 0 Å². The molecule has 2 aromatic carbocycles. The molecule has 2 N–H and O–H groups in total. The maximum Gasteiger partial charge on any atom is 0.331 e. The van der Waals surface area contributed by atoms with Gasteiger partial charge < -0.3 is 24.3 Å². The van der Waals surface area contributed by atoms with Gasteiger partial charge >= 0.3 is 5.97 Å². The van der Waals surface area contributed by atoms with Crippen molar-refractivity contribution in [3.63, 3.8) is 0 Å². The fourth-order valence-corrected chi connectivity index (χ4v) is 7.50. The molecule has 0 spiro atoms. The van der Waals surface area contributed by atoms with E-state index in [4.69, 9.17) is 9.72 Å². The Hall–Kier alpha value is -4.92. The van der Waals surface area contributed by atoms with Crippen LogP contribution in [0.25, 0.3) is 39.3 Å². The molecule has 2 saturated carbocycles. The fraction of sp³-hybridized carbons (Fsp3) is 0.351. The van der Waals surface area contributed by atoms with Crippen molar-refractivity contribution in [1.29, 1.82) is 0 Å². The highest BCUT2D eigenvalue weighted by molar-refractivity contribution is 6.01. The normalized spacial score (nSPS) is 16.6. The number of carbonyl (C=O) groups excluding carboxylic acids is 1. The zero-order chi connectivity index (χ0) is 32.2. The standard InChI is InChI=1S/C37H39N5O4/c1-22(35(44)45)16-23-10-13-29-31(17-23)42(3)36(39-29)37(14-7-15-37)40-34(43)25-11-12-28-30(19-25)41(2)33(32(28)24-8-5-6-9-24)26-18-27(46-4)21-38-20-26/h10-13,16-21,24H,5-9,14-15H2,1-4H3,(H,40,43)(H,44,45). The molecule has 7 rings (SSSR count). The summed E-state index contributed by atoms with van der Waals surface area (Å²) in [5.74, 6) is 0.927. The van der Waals surface area contributed by atoms with Gasteiger partial charge in [-0.15, -0.1) is 0 Å². The van der Waals surface area contributed by atoms with E-state index in [1.54, 1.807) is 26.3 Å². The van der Waals surface area contributed by atoms with E-state index in [1.807, 2.05) is 54.2 Å². The second-order valence-electron chi connectivity index (χ2n) is 12.9. The molecular weight excluding hydrogens is 578 g/mol. The van der Waals surface area contributed by atoms with E-state index in [9.17, 15) is 14.7 Å². The van der Waals surface area contributed by atoms with Crippen LogP contribution in [-0.2, 0) is 24.4 Å². The number of hydrogen-bond donors (Lipinski definition) is 2. The number of rotatable bonds is 8. The lowest BCUT2D eigenvalue weighted by molar-refractivity contribution is -0.132. The monoisotopic (exact) mass is 617 g/mol. The molecule has 0 bridgehead atoms. The zero-order valence-electron chi connectivity index (χ0n) is 26.8. The number of aromatic nitrogens is 4. The SMILES string of the molecule is COc1cncc(-c2c(C3CCCC3)c3ccc(C(=O)NC4(c5nc6ccc(C=C(C)C(=O)O)cc6n5C)CCC4)cc3n2C)c1. The maximum atomic E-state index is 14.0. The summed E-state index contributed by atoms with van der Waals surface area (Å²) >= 11 is 0. The van der Waals surface area contributed by atoms with Gasteiger partial charge in [-0.05, 0) is 92.5 Å². The number of aryl methyl sites for hydroxylation is 2. The number of aliphatic carboxylic acids is 1. The Morgan fingerprint density at radius 1 is 1.00 bits per heavy atom. The number of pyridine rings is 1. The van der Waals surface area contributed by atoms with Crippen LogP contribution in [-0.4, -0.2) is 43.2 Å². The molecule has 2 fully saturated rings. The molecule has 9 nitrogen and oxygen atoms in total. The molecule has 3 aromatic heterocycles. The van der Waals surface area contributed by atoms with Crippen molar-refractivity contribution < 1.29 is 19.4 Å². The first-order chi connectivity index (χ1) is 22.2. The number of methoxy groups -OCH3 is 1. The molecule has 2 aliphatic rings. The summed E-state index contributed by atoms with van der Waals surface area (Å²) in [6.07, 6.45) is 12.6. The lowest BCUT2D eigenvalue weighted by Gasteiger charge is -2.41. The number of amides is 1. The van der Waals surface area contributed by atoms with Crippen molar-refractivity contribution in [2.75, 3.05) is 7.11 Å². The lowest BCUT2D eigenvalue weighted by atomic mass is 9.75. The van der Waals surface area contributed by atoms with Crippen molar-refractivity contribution in [3.8, 4) is 17.0 Å². The quantitative estimate of drug-likeness (QED) is 0.180. The summed E-state index contributed by atoms with van der Waals surface area (Å²) in [4.78, 5) is 34.8. The molecular formula is C37H39N5O4. The van der Waals surface area contributed by atoms with Crippen LogP contribution in [0.4, 0.5) is 0 Å². The van der Waals surface area contributed by atoms with Gasteiger partial charge in [0.1, 0.15) is 11.6 Å². The number of carboxylic acids is 1. The number of imidazole rings is 1. The molecule has 5 aromatic rings. The van der Waals surface area contributed by atoms with Crippen LogP contribution in [0.15, 0.2) is 60.4 Å². The minimum Gasteiger partial charge on any atom is -0.495 e. The van der Waals surface area contributed by atoms with E-state index in [1.165, 1.54) is 23.8 Å². The minimum absolute atomic E-state index is 0.123. The first-order valence-electron chi connectivity index (χ1n) is 16.0. The Labute approximate surface area is 267 Å². The van der Waals surface area contributed by atoms with Crippen LogP contribution in [0.1, 0.15) is 85.1 Å². The predicted molar refractivity (Wildman–Crippen MR) is 179 cm³/mol. The Bertz CT molecular complexity index is 2040. The number of carboxylic acid groups (broad SMARTS) is 1. The molecule has 0 unspecified atom stereocenters. The topological polar surface area (TPSA) is 111 Å². The highest BCUT2D eigenvalue weighted by Gasteiger charge is 2.44. The first-order valence-corrected chi connectivity index (χ1v) is 16.0. The van der Waals surface area contributed by atoms with Crippen LogP contribution >= 0.6 is 0 Å². The van der Waals surface area contributed by atoms with E-state index in [0.29, 0.717) is 11.5 Å². The number of hydrogen-bond acceptors (Lipinski definition) is 5. The summed E-state index contributed by atoms with van der Waals surface area (Å²) in [6.45, 7) is 1.58. The molecule has 236 valence electrons. The second-order valence-corrected chi connectivity index (χ2v) is 12.9. The van der Waals surface area contributed by atoms with E-state index in [-0.39, 0.29) is 11.5 Å². The largest absolute Gasteiger partial charge is 0.495 e. The molecule has 0 aliphatic heterocycles. The van der Waals surface area contributed by atoms with E-state index < -0.39 is 11.5 Å². The van der Waals surface area contributed by atoms with Crippen molar-refractivity contribution >= 4 is 39.9 Å². The summed E-state index contributed by atoms with van der Waals surface area (Å²) in [6, 6.07) is 13.9. The number of fused-ring (bicyclic) bond motifs is 2. The summed E-state index contributed by atoms with van der Waals surface area (Å²) in [5.41, 5.74) is 7.31. The predicted octanol–water partition coefficient (Wildman–Crippen LogP) is 7.09. The Kier molecular flexibility index (Phi) is 7.42. The average molecular weight is 618 g/mol. The van der Waals surface area contributed by atoms with Crippen molar-refractivity contribution in [2.24, 2.45) is 14.1 Å². The van der Waals surface area contributed by atoms with Crippen molar-refractivity contribution in [2.45, 2.75) is 63.3 Å². The minimum atomic E-state index is -0.946. The van der Waals surface area contributed by atoms with E-state index in [2.05, 4.69) is 28.0 Å². The molecule has 0 radical (unpaired) electrons. The van der Waals surface area contributed by atoms with Gasteiger partial charge in [0.15, 0.2) is 0 Å². The van der Waals surface area contributed by atoms with Crippen molar-refractivity contribution in [3.05, 3.63) is 82.9 Å². The van der Waals surface area contributed by atoms with Crippen molar-refractivity contribution in [1.82, 2.24) is 24.4 Å². The van der Waals surface area contributed by atoms with Gasteiger partial charge in [-0.25, -0.2) is 9.78 Å². The Morgan fingerprint density at radius 2 is 1.78 bits per heavy atom. The molecule has 1 amide bonds. The van der Waals surface area contributed by atoms with E-state index in [0.717, 1.165) is 77.0 Å². The molecule has 0 saturated heterocycles. The number of nitrogens with one attached hydrogen (secondary N) is 1. The van der Waals surface area contributed by atoms with Gasteiger partial charge in [0, 0.05) is 47.9 Å². The second kappa shape index (κ2) is 11.5. The molecule has 2 aliphatic carbocycles. The molecule has 0 atom stereocenters. The van der Waals surface area contributed by atoms with Crippen LogP contribution in [0.2, 0.25) is 0 Å². The number of nitrogens with zero attached hydrogens (tertiary/aromatic N) is 4. The third kappa shape index (κ3) is 4.94. The van der Waals surface area contributed by atoms with Gasteiger partial charge in [0.05, 0.1) is 35.6 Å². The van der Waals surface area contributed by atoms with Crippen LogP contribution in [0, 0.1) is 0 Å². The lowest BCUT2D eigenvalue weighted by Crippen LogP contribution is -2.52. The van der Waals surface area contributed by atoms with Crippen LogP contribution < -0.4 is 10.1 Å². The third-order valence-electron chi connectivity index (χ3n) is 10.1. The number of ether oxygens (including phenoxy) is 1. The highest BCUT2D eigenvalue weighted by Crippen LogP contribution is 2.45. The van der Waals surface area contributed by atoms with Gasteiger partial charge in [-0.3, -0.25) is 9.78 Å². The third-order valence-corrected chi connectivity index (χ3v) is 10.1. The Morgan fingerprint density at radius 3 is 2.48 bits per heavy atom. The van der Waals surface area contributed by atoms with Gasteiger partial charge in [-0.1, -0.05) is 25.0 Å². The smallest absolute Gasteiger partial charge is 0.331 e. The van der Waals surface area contributed by atoms with Crippen LogP contribution in [0.5, 0.6) is 5.75 Å². The zero-order valence-corrected chi connectivity index (χ0v) is 26.8. The molecule has 9 heteroatoms. The van der Waals surface area contributed by atoms with Gasteiger partial charge in [0.2, 0.25) is 0 Å². The Balaban J connectivity index is 1.25. The van der Waals surface area contributed by atoms with Gasteiger partial charge in [-0.2, -0.15) is 0 Å². The molecule has 3 heterocycles. The maximum absolute atomic E-state index is 14.0. The molecule has 46 heavy (non-hydrogen) atoms. The number of benzene rings is 2. The van der Waals surface area contributed by atoms with Gasteiger partial charge in [0.25, 0.3) is 5.91 Å². The highest BCUT2D eigenvalue weighted by atomic mass is 16.5. The summed E-state index contributed by atoms with van der Waals surface area (Å²) in [5, 5.41) is 13.9. The fourth-order valence-electron chi connectivity index (χ4n) is 7.50. The van der Waals surface area contributed by atoms with Crippen LogP contribution in [0.3, 0.4) is 0 Å². The average Bonchev–Trinajstić information content (AvgIpc) is 3.76. The first kappa shape index (κ1) is 29.8. The summed E-state index contributed by atoms with van der Waals surface area (Å²) in [7, 11) is 5.70. The summed E-state index contributed by atoms with van der Waals surface area (Å²) < 4.78 is 9.75. The number of carbonyl (C=O) groups is 2.